The molecule has 0 aliphatic rings. The third-order valence-electron chi connectivity index (χ3n) is 3.84. The highest BCUT2D eigenvalue weighted by Gasteiger charge is 2.07. The lowest BCUT2D eigenvalue weighted by Gasteiger charge is -2.09. The van der Waals surface area contributed by atoms with Crippen molar-refractivity contribution in [3.63, 3.8) is 0 Å². The van der Waals surface area contributed by atoms with E-state index in [9.17, 15) is 4.79 Å². The summed E-state index contributed by atoms with van der Waals surface area (Å²) in [5.74, 6) is 0.326. The Labute approximate surface area is 159 Å². The molecule has 132 valence electrons. The largest absolute Gasteiger partial charge is 0.463 e. The Kier molecular flexibility index (Phi) is 8.03. The van der Waals surface area contributed by atoms with Gasteiger partial charge >= 0.3 is 5.97 Å². The van der Waals surface area contributed by atoms with Gasteiger partial charge in [0.05, 0.1) is 6.61 Å². The molecule has 0 unspecified atom stereocenters. The van der Waals surface area contributed by atoms with E-state index in [1.165, 1.54) is 0 Å². The molecule has 0 bridgehead atoms. The molecule has 0 fully saturated rings. The van der Waals surface area contributed by atoms with E-state index in [0.717, 1.165) is 46.5 Å². The summed E-state index contributed by atoms with van der Waals surface area (Å²) in [5.41, 5.74) is 4.22. The molecule has 2 aromatic rings. The first-order valence-corrected chi connectivity index (χ1v) is 9.35. The monoisotopic (exact) mass is 376 g/mol. The van der Waals surface area contributed by atoms with Crippen LogP contribution in [0, 0.1) is 0 Å². The van der Waals surface area contributed by atoms with Crippen molar-refractivity contribution in [2.45, 2.75) is 26.2 Å². The summed E-state index contributed by atoms with van der Waals surface area (Å²) in [4.78, 5) is 11.8. The van der Waals surface area contributed by atoms with Crippen LogP contribution in [0.25, 0.3) is 16.7 Å². The Bertz CT molecular complexity index is 704. The summed E-state index contributed by atoms with van der Waals surface area (Å²) >= 11 is 11.7. The number of carbonyl (C=O) groups excluding carboxylic acids is 1. The second-order valence-corrected chi connectivity index (χ2v) is 6.47. The number of unbranched alkanes of at least 4 members (excludes halogenated alkanes) is 1. The number of halogens is 2. The van der Waals surface area contributed by atoms with Gasteiger partial charge in [-0.15, -0.1) is 11.6 Å². The van der Waals surface area contributed by atoms with E-state index in [1.54, 1.807) is 13.0 Å². The molecule has 2 rings (SSSR count). The fraction of sp³-hybridized carbons (Fsp3) is 0.286. The zero-order valence-corrected chi connectivity index (χ0v) is 15.8. The molecule has 2 nitrogen and oxygen atoms in total. The van der Waals surface area contributed by atoms with E-state index in [-0.39, 0.29) is 5.97 Å². The number of allylic oxidation sites excluding steroid dienone is 1. The van der Waals surface area contributed by atoms with Gasteiger partial charge in [-0.25, -0.2) is 4.79 Å². The van der Waals surface area contributed by atoms with Crippen molar-refractivity contribution < 1.29 is 9.53 Å². The Balaban J connectivity index is 2.21. The lowest BCUT2D eigenvalue weighted by Crippen LogP contribution is -2.01. The van der Waals surface area contributed by atoms with E-state index in [0.29, 0.717) is 12.5 Å². The van der Waals surface area contributed by atoms with Crippen LogP contribution < -0.4 is 0 Å². The molecular formula is C21H22Cl2O2. The normalized spacial score (nSPS) is 11.4. The third kappa shape index (κ3) is 6.22. The summed E-state index contributed by atoms with van der Waals surface area (Å²) in [6.45, 7) is 2.18. The zero-order chi connectivity index (χ0) is 18.1. The number of esters is 1. The van der Waals surface area contributed by atoms with Gasteiger partial charge in [-0.3, -0.25) is 0 Å². The predicted molar refractivity (Wildman–Crippen MR) is 106 cm³/mol. The van der Waals surface area contributed by atoms with Crippen molar-refractivity contribution in [2.24, 2.45) is 0 Å². The average molecular weight is 377 g/mol. The summed E-state index contributed by atoms with van der Waals surface area (Å²) < 4.78 is 5.05. The molecule has 0 radical (unpaired) electrons. The first-order chi connectivity index (χ1) is 12.1. The summed E-state index contributed by atoms with van der Waals surface area (Å²) in [6.07, 6.45) is 4.25. The van der Waals surface area contributed by atoms with E-state index >= 15 is 0 Å². The molecule has 0 aliphatic carbocycles. The molecule has 4 heteroatoms. The van der Waals surface area contributed by atoms with Gasteiger partial charge in [-0.05, 0) is 60.6 Å². The van der Waals surface area contributed by atoms with Gasteiger partial charge in [-0.2, -0.15) is 0 Å². The van der Waals surface area contributed by atoms with Gasteiger partial charge in [0.15, 0.2) is 0 Å². The second kappa shape index (κ2) is 10.3. The number of rotatable bonds is 8. The Hall–Kier alpha value is -1.77. The molecule has 0 N–H and O–H groups in total. The number of ether oxygens (including phenoxy) is 1. The van der Waals surface area contributed by atoms with Crippen LogP contribution in [0.15, 0.2) is 54.6 Å². The highest BCUT2D eigenvalue weighted by atomic mass is 35.5. The van der Waals surface area contributed by atoms with Crippen LogP contribution in [0.4, 0.5) is 0 Å². The maximum atomic E-state index is 11.8. The van der Waals surface area contributed by atoms with E-state index in [1.807, 2.05) is 36.4 Å². The smallest absolute Gasteiger partial charge is 0.331 e. The van der Waals surface area contributed by atoms with E-state index in [4.69, 9.17) is 27.9 Å². The third-order valence-corrected chi connectivity index (χ3v) is 4.36. The molecule has 0 saturated heterocycles. The van der Waals surface area contributed by atoms with Gasteiger partial charge in [0.25, 0.3) is 0 Å². The van der Waals surface area contributed by atoms with Gasteiger partial charge in [0.1, 0.15) is 0 Å². The fourth-order valence-corrected chi connectivity index (χ4v) is 2.87. The molecule has 0 aromatic heterocycles. The van der Waals surface area contributed by atoms with Crippen molar-refractivity contribution in [1.82, 2.24) is 0 Å². The molecule has 0 saturated carbocycles. The van der Waals surface area contributed by atoms with Crippen LogP contribution in [0.1, 0.15) is 31.7 Å². The minimum absolute atomic E-state index is 0.301. The molecule has 0 aliphatic heterocycles. The van der Waals surface area contributed by atoms with Crippen LogP contribution in [-0.2, 0) is 9.53 Å². The molecular weight excluding hydrogens is 355 g/mol. The minimum Gasteiger partial charge on any atom is -0.463 e. The van der Waals surface area contributed by atoms with Crippen molar-refractivity contribution in [2.75, 3.05) is 12.5 Å². The molecule has 0 spiro atoms. The van der Waals surface area contributed by atoms with Crippen molar-refractivity contribution >= 4 is 34.7 Å². The maximum Gasteiger partial charge on any atom is 0.331 e. The lowest BCUT2D eigenvalue weighted by atomic mass is 9.97. The number of hydrogen-bond acceptors (Lipinski definition) is 2. The van der Waals surface area contributed by atoms with Crippen LogP contribution in [-0.4, -0.2) is 18.5 Å². The topological polar surface area (TPSA) is 26.3 Å². The summed E-state index contributed by atoms with van der Waals surface area (Å²) in [7, 11) is 0. The van der Waals surface area contributed by atoms with Crippen molar-refractivity contribution in [3.8, 4) is 11.1 Å². The van der Waals surface area contributed by atoms with E-state index in [2.05, 4.69) is 12.1 Å². The highest BCUT2D eigenvalue weighted by Crippen LogP contribution is 2.26. The average Bonchev–Trinajstić information content (AvgIpc) is 2.62. The number of benzene rings is 2. The molecule has 0 atom stereocenters. The quantitative estimate of drug-likeness (QED) is 0.231. The number of carbonyl (C=O) groups is 1. The van der Waals surface area contributed by atoms with Gasteiger partial charge in [-0.1, -0.05) is 48.0 Å². The standard InChI is InChI=1S/C21H22Cl2O2/c1-2-25-21(24)15-19(5-3-4-14-22)18-8-6-16(7-9-18)17-10-12-20(23)13-11-17/h6-13,15H,2-5,14H2,1H3. The molecule has 2 aromatic carbocycles. The highest BCUT2D eigenvalue weighted by molar-refractivity contribution is 6.30. The van der Waals surface area contributed by atoms with Gasteiger partial charge in [0, 0.05) is 17.0 Å². The number of alkyl halides is 1. The maximum absolute atomic E-state index is 11.8. The second-order valence-electron chi connectivity index (χ2n) is 5.65. The first kappa shape index (κ1) is 19.6. The molecule has 0 amide bonds. The van der Waals surface area contributed by atoms with Gasteiger partial charge in [0.2, 0.25) is 0 Å². The van der Waals surface area contributed by atoms with Crippen LogP contribution in [0.3, 0.4) is 0 Å². The fourth-order valence-electron chi connectivity index (χ4n) is 2.56. The van der Waals surface area contributed by atoms with E-state index < -0.39 is 0 Å². The predicted octanol–water partition coefficient (Wildman–Crippen LogP) is 6.36. The Morgan fingerprint density at radius 3 is 2.16 bits per heavy atom. The SMILES string of the molecule is CCOC(=O)C=C(CCCCCl)c1ccc(-c2ccc(Cl)cc2)cc1. The van der Waals surface area contributed by atoms with Crippen molar-refractivity contribution in [3.05, 3.63) is 65.2 Å². The summed E-state index contributed by atoms with van der Waals surface area (Å²) in [6, 6.07) is 15.9. The first-order valence-electron chi connectivity index (χ1n) is 8.43. The lowest BCUT2D eigenvalue weighted by molar-refractivity contribution is -0.137. The van der Waals surface area contributed by atoms with Crippen LogP contribution >= 0.6 is 23.2 Å². The minimum atomic E-state index is -0.301. The molecule has 0 heterocycles. The van der Waals surface area contributed by atoms with Gasteiger partial charge < -0.3 is 4.74 Å². The van der Waals surface area contributed by atoms with Crippen LogP contribution in [0.5, 0.6) is 0 Å². The zero-order valence-electron chi connectivity index (χ0n) is 14.3. The molecule has 25 heavy (non-hydrogen) atoms. The Morgan fingerprint density at radius 2 is 1.60 bits per heavy atom. The number of hydrogen-bond donors (Lipinski definition) is 0. The van der Waals surface area contributed by atoms with Crippen molar-refractivity contribution in [1.29, 1.82) is 0 Å². The van der Waals surface area contributed by atoms with Crippen LogP contribution in [0.2, 0.25) is 5.02 Å². The Morgan fingerprint density at radius 1 is 1.00 bits per heavy atom. The summed E-state index contributed by atoms with van der Waals surface area (Å²) in [5, 5.41) is 0.722.